The molecule has 0 aliphatic heterocycles. The van der Waals surface area contributed by atoms with Gasteiger partial charge in [0.05, 0.1) is 12.7 Å². The van der Waals surface area contributed by atoms with Crippen LogP contribution in [0.1, 0.15) is 39.1 Å². The van der Waals surface area contributed by atoms with Crippen LogP contribution >= 0.6 is 0 Å². The van der Waals surface area contributed by atoms with Crippen LogP contribution in [0, 0.1) is 0 Å². The minimum atomic E-state index is -0.816. The van der Waals surface area contributed by atoms with Crippen molar-refractivity contribution in [3.05, 3.63) is 34.9 Å². The highest BCUT2D eigenvalue weighted by Crippen LogP contribution is 2.25. The molecule has 5 nitrogen and oxygen atoms in total. The van der Waals surface area contributed by atoms with Gasteiger partial charge in [-0.1, -0.05) is 12.1 Å². The molecule has 2 rings (SSSR count). The van der Waals surface area contributed by atoms with Gasteiger partial charge in [-0.2, -0.15) is 0 Å². The molecule has 1 aliphatic rings. The molecule has 1 unspecified atom stereocenters. The third-order valence-corrected chi connectivity index (χ3v) is 3.30. The Bertz CT molecular complexity index is 498. The Morgan fingerprint density at radius 2 is 2.16 bits per heavy atom. The van der Waals surface area contributed by atoms with Gasteiger partial charge in [0.2, 0.25) is 0 Å². The minimum Gasteiger partial charge on any atom is -0.394 e. The largest absolute Gasteiger partial charge is 0.394 e. The second-order valence-corrected chi connectivity index (χ2v) is 4.64. The van der Waals surface area contributed by atoms with Crippen molar-refractivity contribution in [3.63, 3.8) is 0 Å². The van der Waals surface area contributed by atoms with Crippen molar-refractivity contribution in [1.29, 1.82) is 0 Å². The zero-order valence-electron chi connectivity index (χ0n) is 10.6. The lowest BCUT2D eigenvalue weighted by molar-refractivity contribution is 0.0833. The van der Waals surface area contributed by atoms with Gasteiger partial charge in [-0.25, -0.2) is 0 Å². The zero-order chi connectivity index (χ0) is 13.8. The summed E-state index contributed by atoms with van der Waals surface area (Å²) in [5.41, 5.74) is 1.98. The fourth-order valence-electron chi connectivity index (χ4n) is 2.24. The van der Waals surface area contributed by atoms with Crippen LogP contribution < -0.4 is 5.32 Å². The number of aliphatic hydroxyl groups excluding tert-OH is 2. The summed E-state index contributed by atoms with van der Waals surface area (Å²) >= 11 is 0. The first-order valence-electron chi connectivity index (χ1n) is 6.35. The molecule has 102 valence electrons. The van der Waals surface area contributed by atoms with Crippen molar-refractivity contribution >= 4 is 11.7 Å². The summed E-state index contributed by atoms with van der Waals surface area (Å²) in [5, 5.41) is 20.5. The lowest BCUT2D eigenvalue weighted by Gasteiger charge is -2.10. The molecule has 0 heterocycles. The standard InChI is InChI=1S/C14H17NO4/c16-8-9(17)6-7-15-14(19)12-3-1-2-11-10(12)4-5-13(11)18/h1-3,9,16-17H,4-8H2,(H,15,19). The molecule has 0 spiro atoms. The van der Waals surface area contributed by atoms with E-state index in [0.29, 0.717) is 30.4 Å². The quantitative estimate of drug-likeness (QED) is 0.712. The monoisotopic (exact) mass is 263 g/mol. The number of ketones is 1. The number of carbonyl (C=O) groups excluding carboxylic acids is 2. The van der Waals surface area contributed by atoms with E-state index >= 15 is 0 Å². The molecule has 1 amide bonds. The van der Waals surface area contributed by atoms with E-state index in [-0.39, 0.29) is 24.8 Å². The van der Waals surface area contributed by atoms with Gasteiger partial charge in [-0.15, -0.1) is 0 Å². The molecule has 0 bridgehead atoms. The molecular formula is C14H17NO4. The number of nitrogens with one attached hydrogen (secondary N) is 1. The average molecular weight is 263 g/mol. The summed E-state index contributed by atoms with van der Waals surface area (Å²) in [5.74, 6) is -0.156. The number of aliphatic hydroxyl groups is 2. The number of amides is 1. The van der Waals surface area contributed by atoms with Crippen molar-refractivity contribution in [2.75, 3.05) is 13.2 Å². The molecular weight excluding hydrogens is 246 g/mol. The second kappa shape index (κ2) is 5.95. The first-order valence-corrected chi connectivity index (χ1v) is 6.35. The molecule has 0 saturated heterocycles. The van der Waals surface area contributed by atoms with Crippen LogP contribution in [0.5, 0.6) is 0 Å². The maximum atomic E-state index is 12.0. The predicted octanol–water partition coefficient (Wildman–Crippen LogP) is 0.289. The summed E-state index contributed by atoms with van der Waals surface area (Å²) in [6.07, 6.45) is 0.555. The summed E-state index contributed by atoms with van der Waals surface area (Å²) in [7, 11) is 0. The Labute approximate surface area is 111 Å². The van der Waals surface area contributed by atoms with Crippen molar-refractivity contribution in [2.24, 2.45) is 0 Å². The van der Waals surface area contributed by atoms with Gasteiger partial charge in [-0.05, 0) is 24.5 Å². The number of Topliss-reactive ketones (excluding diaryl/α,β-unsaturated/α-hetero) is 1. The van der Waals surface area contributed by atoms with Crippen LogP contribution in [-0.2, 0) is 6.42 Å². The fourth-order valence-corrected chi connectivity index (χ4v) is 2.24. The molecule has 0 radical (unpaired) electrons. The highest BCUT2D eigenvalue weighted by Gasteiger charge is 2.24. The van der Waals surface area contributed by atoms with Gasteiger partial charge >= 0.3 is 0 Å². The Balaban J connectivity index is 2.03. The molecule has 1 aromatic rings. The van der Waals surface area contributed by atoms with Crippen molar-refractivity contribution in [3.8, 4) is 0 Å². The Morgan fingerprint density at radius 1 is 1.37 bits per heavy atom. The molecule has 1 aromatic carbocycles. The van der Waals surface area contributed by atoms with E-state index in [0.717, 1.165) is 5.56 Å². The third-order valence-electron chi connectivity index (χ3n) is 3.30. The van der Waals surface area contributed by atoms with Crippen LogP contribution in [0.25, 0.3) is 0 Å². The predicted molar refractivity (Wildman–Crippen MR) is 69.1 cm³/mol. The smallest absolute Gasteiger partial charge is 0.251 e. The normalized spacial score (nSPS) is 15.2. The second-order valence-electron chi connectivity index (χ2n) is 4.64. The molecule has 0 aromatic heterocycles. The number of rotatable bonds is 5. The first-order chi connectivity index (χ1) is 9.13. The average Bonchev–Trinajstić information content (AvgIpc) is 2.80. The molecule has 1 atom stereocenters. The van der Waals surface area contributed by atoms with Crippen molar-refractivity contribution < 1.29 is 19.8 Å². The van der Waals surface area contributed by atoms with E-state index < -0.39 is 6.10 Å². The van der Waals surface area contributed by atoms with Crippen LogP contribution in [0.15, 0.2) is 18.2 Å². The topological polar surface area (TPSA) is 86.6 Å². The molecule has 3 N–H and O–H groups in total. The van der Waals surface area contributed by atoms with E-state index in [2.05, 4.69) is 5.32 Å². The molecule has 0 fully saturated rings. The number of benzene rings is 1. The fraction of sp³-hybridized carbons (Fsp3) is 0.429. The zero-order valence-corrected chi connectivity index (χ0v) is 10.6. The van der Waals surface area contributed by atoms with Gasteiger partial charge in [0.15, 0.2) is 5.78 Å². The minimum absolute atomic E-state index is 0.0837. The SMILES string of the molecule is O=C1CCc2c1cccc2C(=O)NCCC(O)CO. The summed E-state index contributed by atoms with van der Waals surface area (Å²) in [4.78, 5) is 23.6. The maximum Gasteiger partial charge on any atom is 0.251 e. The molecule has 5 heteroatoms. The van der Waals surface area contributed by atoms with E-state index in [1.54, 1.807) is 18.2 Å². The van der Waals surface area contributed by atoms with Gasteiger partial charge in [-0.3, -0.25) is 9.59 Å². The molecule has 1 aliphatic carbocycles. The van der Waals surface area contributed by atoms with Crippen molar-refractivity contribution in [2.45, 2.75) is 25.4 Å². The van der Waals surface area contributed by atoms with E-state index in [1.165, 1.54) is 0 Å². The van der Waals surface area contributed by atoms with Crippen molar-refractivity contribution in [1.82, 2.24) is 5.32 Å². The van der Waals surface area contributed by atoms with Crippen LogP contribution in [0.2, 0.25) is 0 Å². The highest BCUT2D eigenvalue weighted by atomic mass is 16.3. The van der Waals surface area contributed by atoms with E-state index in [4.69, 9.17) is 5.11 Å². The van der Waals surface area contributed by atoms with Gasteiger partial charge in [0.1, 0.15) is 0 Å². The number of hydrogen-bond acceptors (Lipinski definition) is 4. The summed E-state index contributed by atoms with van der Waals surface area (Å²) < 4.78 is 0. The lowest BCUT2D eigenvalue weighted by Crippen LogP contribution is -2.28. The van der Waals surface area contributed by atoms with Crippen LogP contribution in [0.4, 0.5) is 0 Å². The van der Waals surface area contributed by atoms with Crippen LogP contribution in [0.3, 0.4) is 0 Å². The number of fused-ring (bicyclic) bond motifs is 1. The van der Waals surface area contributed by atoms with Gasteiger partial charge in [0.25, 0.3) is 5.91 Å². The van der Waals surface area contributed by atoms with E-state index in [9.17, 15) is 14.7 Å². The summed E-state index contributed by atoms with van der Waals surface area (Å²) in [6.45, 7) is -0.0245. The van der Waals surface area contributed by atoms with Gasteiger partial charge in [0, 0.05) is 24.1 Å². The number of carbonyl (C=O) groups is 2. The Morgan fingerprint density at radius 3 is 2.89 bits per heavy atom. The Hall–Kier alpha value is -1.72. The Kier molecular flexibility index (Phi) is 4.29. The maximum absolute atomic E-state index is 12.0. The lowest BCUT2D eigenvalue weighted by atomic mass is 10.0. The molecule has 0 saturated carbocycles. The number of hydrogen-bond donors (Lipinski definition) is 3. The third kappa shape index (κ3) is 3.00. The first kappa shape index (κ1) is 13.7. The highest BCUT2D eigenvalue weighted by molar-refractivity contribution is 6.05. The molecule has 19 heavy (non-hydrogen) atoms. The van der Waals surface area contributed by atoms with Crippen LogP contribution in [-0.4, -0.2) is 41.2 Å². The van der Waals surface area contributed by atoms with E-state index in [1.807, 2.05) is 0 Å². The summed E-state index contributed by atoms with van der Waals surface area (Å²) in [6, 6.07) is 5.16. The van der Waals surface area contributed by atoms with Gasteiger partial charge < -0.3 is 15.5 Å².